The number of rotatable bonds is 24. The lowest BCUT2D eigenvalue weighted by Crippen LogP contribution is -2.34. The molecule has 0 radical (unpaired) electrons. The Morgan fingerprint density at radius 1 is 0.494 bits per heavy atom. The van der Waals surface area contributed by atoms with Crippen molar-refractivity contribution in [2.75, 3.05) is 85.4 Å². The van der Waals surface area contributed by atoms with Gasteiger partial charge in [-0.3, -0.25) is 22.1 Å². The van der Waals surface area contributed by atoms with Crippen LogP contribution in [-0.2, 0) is 94.7 Å². The monoisotopic (exact) mass is 1240 g/mol. The van der Waals surface area contributed by atoms with E-state index < -0.39 is 42.3 Å². The van der Waals surface area contributed by atoms with Crippen LogP contribution < -0.4 is 16.0 Å². The quantitative estimate of drug-likeness (QED) is 0.0733. The number of hydrogen-bond donors (Lipinski definition) is 3. The van der Waals surface area contributed by atoms with Crippen molar-refractivity contribution in [3.8, 4) is 0 Å². The van der Waals surface area contributed by atoms with Gasteiger partial charge in [-0.25, -0.2) is 44.9 Å². The first-order valence-corrected chi connectivity index (χ1v) is 28.2. The molecule has 37 heteroatoms. The maximum atomic E-state index is 11.4. The predicted molar refractivity (Wildman–Crippen MR) is 308 cm³/mol. The van der Waals surface area contributed by atoms with E-state index in [-0.39, 0.29) is 49.3 Å². The summed E-state index contributed by atoms with van der Waals surface area (Å²) in [4.78, 5) is 40.4. The number of aryl methyl sites for hydroxylation is 2. The second kappa shape index (κ2) is 30.7. The molecule has 3 saturated heterocycles. The van der Waals surface area contributed by atoms with Gasteiger partial charge in [0.25, 0.3) is 0 Å². The summed E-state index contributed by atoms with van der Waals surface area (Å²) in [5, 5.41) is 9.12. The molecule has 0 spiro atoms. The Kier molecular flexibility index (Phi) is 24.8. The van der Waals surface area contributed by atoms with Crippen LogP contribution in [0.2, 0.25) is 0 Å². The first-order valence-electron chi connectivity index (χ1n) is 24.3. The summed E-state index contributed by atoms with van der Waals surface area (Å²) in [7, 11) is 25.0. The van der Waals surface area contributed by atoms with E-state index in [1.165, 1.54) is 7.11 Å². The molecule has 0 aliphatic carbocycles. The highest BCUT2D eigenvalue weighted by Gasteiger charge is 2.49. The normalized spacial score (nSPS) is 26.1. The molecule has 0 saturated carbocycles. The van der Waals surface area contributed by atoms with E-state index in [1.54, 1.807) is 51.9 Å². The van der Waals surface area contributed by atoms with E-state index in [2.05, 4.69) is 122 Å². The van der Waals surface area contributed by atoms with E-state index >= 15 is 0 Å². The molecule has 6 aromatic heterocycles. The van der Waals surface area contributed by atoms with Gasteiger partial charge in [-0.1, -0.05) is 13.8 Å². The second-order valence-corrected chi connectivity index (χ2v) is 19.8. The fourth-order valence-corrected chi connectivity index (χ4v) is 11.3. The molecule has 30 nitrogen and oxygen atoms in total. The molecule has 0 amide bonds. The highest BCUT2D eigenvalue weighted by Crippen LogP contribution is 2.41. The van der Waals surface area contributed by atoms with Gasteiger partial charge in [0.2, 0.25) is 0 Å². The van der Waals surface area contributed by atoms with Gasteiger partial charge < -0.3 is 71.5 Å². The largest absolute Gasteiger partial charge is 0.382 e. The van der Waals surface area contributed by atoms with E-state index in [9.17, 15) is 4.21 Å². The number of methoxy groups -OCH3 is 3. The molecule has 0 aromatic carbocycles. The van der Waals surface area contributed by atoms with Crippen molar-refractivity contribution in [3.05, 3.63) is 36.5 Å². The summed E-state index contributed by atoms with van der Waals surface area (Å²) in [6, 6.07) is 0. The molecule has 6 aromatic rings. The summed E-state index contributed by atoms with van der Waals surface area (Å²) in [5.74, 6) is 3.62. The van der Waals surface area contributed by atoms with Gasteiger partial charge in [-0.15, -0.1) is 0 Å². The number of nitrogens with one attached hydrogen (secondary N) is 3. The highest BCUT2D eigenvalue weighted by atomic mass is 32.2. The molecule has 438 valence electrons. The van der Waals surface area contributed by atoms with Gasteiger partial charge in [0.1, 0.15) is 73.2 Å². The Balaban J connectivity index is 0.000000172. The van der Waals surface area contributed by atoms with Crippen LogP contribution >= 0.6 is 56.8 Å². The third kappa shape index (κ3) is 13.9. The number of fused-ring (bicyclic) bond motifs is 3. The third-order valence-electron chi connectivity index (χ3n) is 12.8. The number of anilines is 3. The van der Waals surface area contributed by atoms with Crippen LogP contribution in [0.5, 0.6) is 0 Å². The van der Waals surface area contributed by atoms with Crippen molar-refractivity contribution in [2.24, 2.45) is 0 Å². The highest BCUT2D eigenvalue weighted by molar-refractivity contribution is 7.75. The molecule has 19 atom stereocenters. The minimum Gasteiger partial charge on any atom is -0.382 e. The molecular weight excluding hydrogens is 1170 g/mol. The molecule has 9 rings (SSSR count). The van der Waals surface area contributed by atoms with Crippen LogP contribution in [-0.4, -0.2) is 187 Å². The molecular formula is C42H69N15O15P6S. The van der Waals surface area contributed by atoms with Crippen molar-refractivity contribution in [2.45, 2.75) is 107 Å². The number of ether oxygens (including phenoxy) is 6. The van der Waals surface area contributed by atoms with Crippen LogP contribution in [0.1, 0.15) is 50.0 Å². The Labute approximate surface area is 472 Å². The van der Waals surface area contributed by atoms with Gasteiger partial charge in [0, 0.05) is 112 Å². The van der Waals surface area contributed by atoms with Gasteiger partial charge in [0.15, 0.2) is 75.5 Å². The number of nitrogens with zero attached hydrogens (tertiary/aromatic N) is 12. The number of hydrogen-bond acceptors (Lipinski definition) is 27. The molecule has 0 bridgehead atoms. The fourth-order valence-electron chi connectivity index (χ4n) is 9.12. The smallest absolute Gasteiger partial charge is 0.304 e. The van der Waals surface area contributed by atoms with Crippen molar-refractivity contribution < 1.29 is 68.1 Å². The summed E-state index contributed by atoms with van der Waals surface area (Å²) in [6.07, 6.45) is 1.84. The van der Waals surface area contributed by atoms with Crippen LogP contribution in [0.25, 0.3) is 33.5 Å². The minimum atomic E-state index is -1.89. The zero-order valence-corrected chi connectivity index (χ0v) is 52.5. The average Bonchev–Trinajstić information content (AvgIpc) is 4.36. The standard InChI is InChI=1S/C14H23N5O7P2S.2C14H23N5O4P2/c1-15-12-9-13(18-8(17-12)5-23-29(20)22-3)19(6-16-9)14-11(26-28)10(25-27)7(24-14)4-21-2;2*1-4-8-17-12(15-2)9-13(18-8)19(6-16-9)14-11(23-25)10(22-24)7(21-14)5-20-3/h6-7,10-11,14H,4-5,27-28H2,1-3H3,(H,15,17,18);2*6-7,10-11,14H,4-5,24-25H2,1-3H3,(H,15,17,18)/t7-,10?,11?,14?,29?;2*7-,10?,11?,14?/m111/s1. The van der Waals surface area contributed by atoms with Crippen LogP contribution in [0, 0.1) is 0 Å². The number of aromatic nitrogens is 12. The minimum absolute atomic E-state index is 0.116. The Hall–Kier alpha value is -2.78. The summed E-state index contributed by atoms with van der Waals surface area (Å²) in [5.41, 5.74) is 3.77. The summed E-state index contributed by atoms with van der Waals surface area (Å²) < 4.78 is 93.9. The van der Waals surface area contributed by atoms with Gasteiger partial charge in [-0.05, 0) is 0 Å². The SMILES string of the molecule is CCc1nc(NC)c2ncn(C3O[C@H](COC)C(OP)C3OP)c2n1.CCc1nc(NC)c2ncn(C3O[C@H](COC)C(OP)C3OP)c2n1.CNc1nc(COS(=O)OC)nc2c1ncn2C1O[C@H](COC)C(OP)C1OP. The van der Waals surface area contributed by atoms with Crippen LogP contribution in [0.15, 0.2) is 19.0 Å². The Morgan fingerprint density at radius 3 is 1.06 bits per heavy atom. The zero-order valence-electron chi connectivity index (χ0n) is 44.8. The third-order valence-corrected chi connectivity index (χ3v) is 15.2. The van der Waals surface area contributed by atoms with Crippen molar-refractivity contribution >= 4 is 119 Å². The van der Waals surface area contributed by atoms with Gasteiger partial charge >= 0.3 is 11.4 Å². The van der Waals surface area contributed by atoms with Crippen LogP contribution in [0.3, 0.4) is 0 Å². The van der Waals surface area contributed by atoms with Gasteiger partial charge in [0.05, 0.1) is 45.9 Å². The molecule has 3 aliphatic rings. The van der Waals surface area contributed by atoms with Crippen LogP contribution in [0.4, 0.5) is 17.5 Å². The Bertz CT molecular complexity index is 2800. The molecule has 16 unspecified atom stereocenters. The van der Waals surface area contributed by atoms with E-state index in [4.69, 9.17) is 59.7 Å². The topological polar surface area (TPSA) is 313 Å². The summed E-state index contributed by atoms with van der Waals surface area (Å²) in [6.45, 7) is 5.01. The molecule has 9 heterocycles. The van der Waals surface area contributed by atoms with Crippen molar-refractivity contribution in [3.63, 3.8) is 0 Å². The molecule has 3 aliphatic heterocycles. The second-order valence-electron chi connectivity index (χ2n) is 17.2. The lowest BCUT2D eigenvalue weighted by molar-refractivity contribution is -0.0528. The van der Waals surface area contributed by atoms with Crippen molar-refractivity contribution in [1.82, 2.24) is 58.6 Å². The zero-order chi connectivity index (χ0) is 56.9. The maximum Gasteiger partial charge on any atom is 0.304 e. The lowest BCUT2D eigenvalue weighted by atomic mass is 10.1. The summed E-state index contributed by atoms with van der Waals surface area (Å²) >= 11 is -1.89. The first-order chi connectivity index (χ1) is 38.4. The molecule has 3 fully saturated rings. The van der Waals surface area contributed by atoms with Crippen molar-refractivity contribution in [1.29, 1.82) is 0 Å². The first kappa shape index (κ1) is 63.8. The van der Waals surface area contributed by atoms with Gasteiger partial charge in [-0.2, -0.15) is 4.21 Å². The van der Waals surface area contributed by atoms with E-state index in [0.717, 1.165) is 11.6 Å². The molecule has 79 heavy (non-hydrogen) atoms. The average molecular weight is 1240 g/mol. The number of imidazole rings is 3. The maximum absolute atomic E-state index is 11.4. The van der Waals surface area contributed by atoms with E-state index in [1.807, 2.05) is 37.1 Å². The lowest BCUT2D eigenvalue weighted by Gasteiger charge is -2.21. The fraction of sp³-hybridized carbons (Fsp3) is 0.643. The molecule has 3 N–H and O–H groups in total. The predicted octanol–water partition coefficient (Wildman–Crippen LogP) is 3.15. The Morgan fingerprint density at radius 2 is 0.797 bits per heavy atom. The van der Waals surface area contributed by atoms with E-state index in [0.29, 0.717) is 89.4 Å².